The van der Waals surface area contributed by atoms with Crippen molar-refractivity contribution >= 4 is 44.9 Å². The Labute approximate surface area is 148 Å². The quantitative estimate of drug-likeness (QED) is 0.667. The Bertz CT molecular complexity index is 653. The molecule has 116 valence electrons. The second-order valence-electron chi connectivity index (χ2n) is 5.30. The Kier molecular flexibility index (Phi) is 5.26. The number of carbonyl (C=O) groups is 1. The van der Waals surface area contributed by atoms with E-state index in [1.165, 1.54) is 10.4 Å². The van der Waals surface area contributed by atoms with Gasteiger partial charge in [0.25, 0.3) is 0 Å². The predicted molar refractivity (Wildman–Crippen MR) is 97.6 cm³/mol. The molecular formula is C17H18BrNOS2. The Morgan fingerprint density at radius 2 is 2.14 bits per heavy atom. The molecule has 2 aromatic rings. The molecular weight excluding hydrogens is 378 g/mol. The average molecular weight is 396 g/mol. The molecule has 1 atom stereocenters. The second-order valence-corrected chi connectivity index (χ2v) is 8.27. The van der Waals surface area contributed by atoms with Crippen LogP contribution in [0.5, 0.6) is 0 Å². The number of carbonyl (C=O) groups excluding carboxylic acids is 1. The van der Waals surface area contributed by atoms with Crippen LogP contribution in [0, 0.1) is 0 Å². The molecule has 0 N–H and O–H groups in total. The van der Waals surface area contributed by atoms with Gasteiger partial charge < -0.3 is 4.90 Å². The molecule has 1 aliphatic heterocycles. The van der Waals surface area contributed by atoms with Crippen LogP contribution in [0.25, 0.3) is 0 Å². The maximum Gasteiger partial charge on any atom is 0.233 e. The average Bonchev–Trinajstić information content (AvgIpc) is 3.01. The van der Waals surface area contributed by atoms with Crippen LogP contribution in [-0.4, -0.2) is 23.1 Å². The Morgan fingerprint density at radius 1 is 1.36 bits per heavy atom. The van der Waals surface area contributed by atoms with Gasteiger partial charge in [0, 0.05) is 20.8 Å². The van der Waals surface area contributed by atoms with E-state index in [0.717, 1.165) is 28.8 Å². The largest absolute Gasteiger partial charge is 0.335 e. The standard InChI is InChI=1S/C17H18BrNOS2/c1-2-15-14-8-10-21-16(14)7-9-19(15)17(20)11-22-13-5-3-12(18)4-6-13/h3-6,8,10,15H,2,7,9,11H2,1H3. The lowest BCUT2D eigenvalue weighted by molar-refractivity contribution is -0.131. The van der Waals surface area contributed by atoms with Crippen LogP contribution in [0.15, 0.2) is 45.1 Å². The summed E-state index contributed by atoms with van der Waals surface area (Å²) in [5.74, 6) is 0.758. The number of halogens is 1. The molecule has 0 saturated heterocycles. The van der Waals surface area contributed by atoms with E-state index in [1.807, 2.05) is 35.6 Å². The van der Waals surface area contributed by atoms with Gasteiger partial charge in [0.05, 0.1) is 11.8 Å². The van der Waals surface area contributed by atoms with Crippen LogP contribution in [-0.2, 0) is 11.2 Å². The smallest absolute Gasteiger partial charge is 0.233 e. The molecule has 5 heteroatoms. The van der Waals surface area contributed by atoms with Crippen LogP contribution in [0.1, 0.15) is 29.8 Å². The maximum absolute atomic E-state index is 12.6. The summed E-state index contributed by atoms with van der Waals surface area (Å²) >= 11 is 6.87. The summed E-state index contributed by atoms with van der Waals surface area (Å²) in [5.41, 5.74) is 1.36. The molecule has 1 unspecified atom stereocenters. The van der Waals surface area contributed by atoms with Crippen molar-refractivity contribution in [1.82, 2.24) is 4.90 Å². The number of amides is 1. The zero-order valence-electron chi connectivity index (χ0n) is 12.4. The van der Waals surface area contributed by atoms with Crippen LogP contribution in [0.3, 0.4) is 0 Å². The third-order valence-corrected chi connectivity index (χ3v) is 6.50. The molecule has 2 heterocycles. The Hall–Kier alpha value is -0.780. The minimum absolute atomic E-state index is 0.247. The summed E-state index contributed by atoms with van der Waals surface area (Å²) in [6, 6.07) is 10.6. The number of fused-ring (bicyclic) bond motifs is 1. The fourth-order valence-electron chi connectivity index (χ4n) is 2.89. The number of thioether (sulfide) groups is 1. The van der Waals surface area contributed by atoms with E-state index in [0.29, 0.717) is 5.75 Å². The highest BCUT2D eigenvalue weighted by atomic mass is 79.9. The molecule has 0 spiro atoms. The summed E-state index contributed by atoms with van der Waals surface area (Å²) < 4.78 is 1.07. The molecule has 22 heavy (non-hydrogen) atoms. The van der Waals surface area contributed by atoms with E-state index in [2.05, 4.69) is 39.2 Å². The minimum Gasteiger partial charge on any atom is -0.335 e. The summed E-state index contributed by atoms with van der Waals surface area (Å²) in [6.45, 7) is 3.02. The van der Waals surface area contributed by atoms with Crippen molar-refractivity contribution in [2.45, 2.75) is 30.7 Å². The van der Waals surface area contributed by atoms with Gasteiger partial charge in [-0.05, 0) is 54.1 Å². The number of hydrogen-bond acceptors (Lipinski definition) is 3. The summed E-state index contributed by atoms with van der Waals surface area (Å²) in [6.07, 6.45) is 1.98. The zero-order valence-corrected chi connectivity index (χ0v) is 15.6. The van der Waals surface area contributed by atoms with Gasteiger partial charge >= 0.3 is 0 Å². The number of thiophene rings is 1. The van der Waals surface area contributed by atoms with Crippen molar-refractivity contribution in [2.75, 3.05) is 12.3 Å². The lowest BCUT2D eigenvalue weighted by atomic mass is 9.98. The van der Waals surface area contributed by atoms with Gasteiger partial charge in [-0.1, -0.05) is 22.9 Å². The maximum atomic E-state index is 12.6. The number of rotatable bonds is 4. The molecule has 1 aromatic heterocycles. The molecule has 1 amide bonds. The van der Waals surface area contributed by atoms with E-state index >= 15 is 0 Å². The van der Waals surface area contributed by atoms with Gasteiger partial charge in [-0.25, -0.2) is 0 Å². The van der Waals surface area contributed by atoms with Crippen molar-refractivity contribution < 1.29 is 4.79 Å². The van der Waals surface area contributed by atoms with E-state index in [9.17, 15) is 4.79 Å². The van der Waals surface area contributed by atoms with Gasteiger partial charge in [-0.15, -0.1) is 23.1 Å². The SMILES string of the molecule is CCC1c2ccsc2CCN1C(=O)CSc1ccc(Br)cc1. The highest BCUT2D eigenvalue weighted by Gasteiger charge is 2.29. The molecule has 3 rings (SSSR count). The number of benzene rings is 1. The normalized spacial score (nSPS) is 17.4. The van der Waals surface area contributed by atoms with Crippen LogP contribution in [0.2, 0.25) is 0 Å². The lowest BCUT2D eigenvalue weighted by Gasteiger charge is -2.35. The number of hydrogen-bond donors (Lipinski definition) is 0. The topological polar surface area (TPSA) is 20.3 Å². The van der Waals surface area contributed by atoms with E-state index < -0.39 is 0 Å². The van der Waals surface area contributed by atoms with Gasteiger partial charge in [0.15, 0.2) is 0 Å². The first-order valence-corrected chi connectivity index (χ1v) is 10.1. The third kappa shape index (κ3) is 3.42. The van der Waals surface area contributed by atoms with Gasteiger partial charge in [-0.3, -0.25) is 4.79 Å². The molecule has 0 fully saturated rings. The van der Waals surface area contributed by atoms with Gasteiger partial charge in [-0.2, -0.15) is 0 Å². The van der Waals surface area contributed by atoms with Crippen LogP contribution >= 0.6 is 39.0 Å². The molecule has 0 saturated carbocycles. The molecule has 1 aromatic carbocycles. The highest BCUT2D eigenvalue weighted by molar-refractivity contribution is 9.10. The van der Waals surface area contributed by atoms with Crippen molar-refractivity contribution in [3.63, 3.8) is 0 Å². The lowest BCUT2D eigenvalue weighted by Crippen LogP contribution is -2.40. The Morgan fingerprint density at radius 3 is 2.86 bits per heavy atom. The van der Waals surface area contributed by atoms with E-state index in [-0.39, 0.29) is 11.9 Å². The fourth-order valence-corrected chi connectivity index (χ4v) is 4.87. The monoisotopic (exact) mass is 395 g/mol. The second kappa shape index (κ2) is 7.20. The Balaban J connectivity index is 1.66. The minimum atomic E-state index is 0.247. The summed E-state index contributed by atoms with van der Waals surface area (Å²) in [7, 11) is 0. The molecule has 1 aliphatic rings. The molecule has 2 nitrogen and oxygen atoms in total. The van der Waals surface area contributed by atoms with E-state index in [1.54, 1.807) is 11.8 Å². The third-order valence-electron chi connectivity index (χ3n) is 3.98. The highest BCUT2D eigenvalue weighted by Crippen LogP contribution is 2.35. The molecule has 0 radical (unpaired) electrons. The van der Waals surface area contributed by atoms with Crippen molar-refractivity contribution in [3.8, 4) is 0 Å². The van der Waals surface area contributed by atoms with E-state index in [4.69, 9.17) is 0 Å². The molecule has 0 bridgehead atoms. The zero-order chi connectivity index (χ0) is 15.5. The number of nitrogens with zero attached hydrogens (tertiary/aromatic N) is 1. The summed E-state index contributed by atoms with van der Waals surface area (Å²) in [5, 5.41) is 2.15. The van der Waals surface area contributed by atoms with Crippen molar-refractivity contribution in [1.29, 1.82) is 0 Å². The first kappa shape index (κ1) is 16.1. The van der Waals surface area contributed by atoms with Gasteiger partial charge in [0.1, 0.15) is 0 Å². The van der Waals surface area contributed by atoms with Crippen LogP contribution < -0.4 is 0 Å². The first-order valence-electron chi connectivity index (χ1n) is 7.43. The first-order chi connectivity index (χ1) is 10.7. The van der Waals surface area contributed by atoms with Crippen LogP contribution in [0.4, 0.5) is 0 Å². The molecule has 0 aliphatic carbocycles. The summed E-state index contributed by atoms with van der Waals surface area (Å²) in [4.78, 5) is 17.3. The van der Waals surface area contributed by atoms with Gasteiger partial charge in [0.2, 0.25) is 5.91 Å². The van der Waals surface area contributed by atoms with Crippen molar-refractivity contribution in [2.24, 2.45) is 0 Å². The van der Waals surface area contributed by atoms with Crippen molar-refractivity contribution in [3.05, 3.63) is 50.6 Å². The predicted octanol–water partition coefficient (Wildman–Crippen LogP) is 5.14. The fraction of sp³-hybridized carbons (Fsp3) is 0.353.